The number of amides is 2. The van der Waals surface area contributed by atoms with E-state index in [9.17, 15) is 29.7 Å². The number of aromatic hydroxyl groups is 2. The molecule has 0 aliphatic carbocycles. The number of nitrogens with zero attached hydrogens (tertiary/aromatic N) is 1. The topological polar surface area (TPSA) is 150 Å². The third-order valence-corrected chi connectivity index (χ3v) is 5.02. The number of ether oxygens (including phenoxy) is 1. The van der Waals surface area contributed by atoms with Gasteiger partial charge in [0, 0.05) is 18.5 Å². The van der Waals surface area contributed by atoms with Crippen LogP contribution < -0.4 is 5.73 Å². The van der Waals surface area contributed by atoms with Crippen LogP contribution in [0.4, 0.5) is 4.79 Å². The van der Waals surface area contributed by atoms with Crippen molar-refractivity contribution >= 4 is 18.0 Å². The molecule has 31 heavy (non-hydrogen) atoms. The fraction of sp³-hybridized carbons (Fsp3) is 0.591. The average Bonchev–Trinajstić information content (AvgIpc) is 2.64. The molecule has 0 heterocycles. The highest BCUT2D eigenvalue weighted by Crippen LogP contribution is 2.30. The summed E-state index contributed by atoms with van der Waals surface area (Å²) in [6.07, 6.45) is 0.714. The van der Waals surface area contributed by atoms with Gasteiger partial charge in [0.05, 0.1) is 12.5 Å². The first kappa shape index (κ1) is 26.1. The van der Waals surface area contributed by atoms with Crippen molar-refractivity contribution < 1.29 is 34.4 Å². The molecule has 0 fully saturated rings. The Kier molecular flexibility index (Phi) is 9.61. The number of hydrogen-bond acceptors (Lipinski definition) is 6. The van der Waals surface area contributed by atoms with Gasteiger partial charge in [0.2, 0.25) is 5.91 Å². The van der Waals surface area contributed by atoms with Gasteiger partial charge in [-0.1, -0.05) is 19.4 Å². The lowest BCUT2D eigenvalue weighted by Crippen LogP contribution is -2.50. The molecule has 0 aliphatic rings. The highest BCUT2D eigenvalue weighted by Gasteiger charge is 2.36. The summed E-state index contributed by atoms with van der Waals surface area (Å²) in [7, 11) is 0. The molecule has 0 aromatic heterocycles. The number of unbranched alkanes of at least 4 members (excludes halogenated alkanes) is 1. The first-order chi connectivity index (χ1) is 14.4. The van der Waals surface area contributed by atoms with E-state index in [1.807, 2.05) is 6.92 Å². The average molecular weight is 439 g/mol. The molecule has 0 radical (unpaired) electrons. The van der Waals surface area contributed by atoms with Gasteiger partial charge in [-0.2, -0.15) is 0 Å². The van der Waals surface area contributed by atoms with Crippen molar-refractivity contribution in [3.05, 3.63) is 23.8 Å². The highest BCUT2D eigenvalue weighted by molar-refractivity contribution is 5.77. The second-order valence-corrected chi connectivity index (χ2v) is 8.65. The van der Waals surface area contributed by atoms with Gasteiger partial charge in [-0.3, -0.25) is 9.59 Å². The number of hydrogen-bond donors (Lipinski definition) is 4. The fourth-order valence-electron chi connectivity index (χ4n) is 3.24. The molecule has 0 saturated carbocycles. The monoisotopic (exact) mass is 438 g/mol. The maximum absolute atomic E-state index is 12.7. The smallest absolute Gasteiger partial charge is 0.410 e. The minimum Gasteiger partial charge on any atom is -0.504 e. The Bertz CT molecular complexity index is 774. The minimum atomic E-state index is -1.16. The SMILES string of the molecule is CCCCOC(=O)N(CC(CC(N)=O)C(Cc1ccc(O)c(O)c1)C(=O)O)C(C)(C)C. The summed E-state index contributed by atoms with van der Waals surface area (Å²) in [5.41, 5.74) is 5.17. The standard InChI is InChI=1S/C22H34N2O7/c1-5-6-9-31-21(30)24(22(2,3)4)13-15(12-19(23)27)16(20(28)29)10-14-7-8-17(25)18(26)11-14/h7-8,11,15-16,25-26H,5-6,9-10,12-13H2,1-4H3,(H2,23,27)(H,28,29). The zero-order valence-electron chi connectivity index (χ0n) is 18.6. The summed E-state index contributed by atoms with van der Waals surface area (Å²) in [6, 6.07) is 4.03. The molecule has 2 amide bonds. The molecule has 0 spiro atoms. The van der Waals surface area contributed by atoms with Crippen LogP contribution >= 0.6 is 0 Å². The highest BCUT2D eigenvalue weighted by atomic mass is 16.6. The molecule has 5 N–H and O–H groups in total. The third-order valence-electron chi connectivity index (χ3n) is 5.02. The maximum Gasteiger partial charge on any atom is 0.410 e. The number of carbonyl (C=O) groups excluding carboxylic acids is 2. The summed E-state index contributed by atoms with van der Waals surface area (Å²) in [5.74, 6) is -4.39. The first-order valence-corrected chi connectivity index (χ1v) is 10.3. The van der Waals surface area contributed by atoms with Crippen LogP contribution in [0.2, 0.25) is 0 Å². The quantitative estimate of drug-likeness (QED) is 0.306. The van der Waals surface area contributed by atoms with Crippen molar-refractivity contribution in [3.8, 4) is 11.5 Å². The van der Waals surface area contributed by atoms with E-state index in [1.165, 1.54) is 23.1 Å². The van der Waals surface area contributed by atoms with Crippen molar-refractivity contribution in [2.45, 2.75) is 58.9 Å². The second kappa shape index (κ2) is 11.4. The van der Waals surface area contributed by atoms with Crippen LogP contribution in [0, 0.1) is 11.8 Å². The van der Waals surface area contributed by atoms with E-state index in [-0.39, 0.29) is 37.5 Å². The molecule has 1 rings (SSSR count). The Morgan fingerprint density at radius 2 is 1.81 bits per heavy atom. The number of carboxylic acid groups (broad SMARTS) is 1. The Balaban J connectivity index is 3.19. The lowest BCUT2D eigenvalue weighted by atomic mass is 9.83. The van der Waals surface area contributed by atoms with Gasteiger partial charge in [0.25, 0.3) is 0 Å². The molecule has 9 heteroatoms. The van der Waals surface area contributed by atoms with Crippen molar-refractivity contribution in [2.75, 3.05) is 13.2 Å². The van der Waals surface area contributed by atoms with Crippen LogP contribution in [-0.2, 0) is 20.7 Å². The van der Waals surface area contributed by atoms with Crippen LogP contribution in [0.1, 0.15) is 52.5 Å². The van der Waals surface area contributed by atoms with Crippen molar-refractivity contribution in [1.29, 1.82) is 0 Å². The molecule has 9 nitrogen and oxygen atoms in total. The summed E-state index contributed by atoms with van der Waals surface area (Å²) >= 11 is 0. The molecular weight excluding hydrogens is 404 g/mol. The number of rotatable bonds is 11. The minimum absolute atomic E-state index is 0.0238. The number of benzene rings is 1. The van der Waals surface area contributed by atoms with Crippen molar-refractivity contribution in [3.63, 3.8) is 0 Å². The van der Waals surface area contributed by atoms with Crippen molar-refractivity contribution in [1.82, 2.24) is 4.90 Å². The van der Waals surface area contributed by atoms with E-state index in [0.29, 0.717) is 12.0 Å². The Labute approximate surface area is 182 Å². The molecule has 0 bridgehead atoms. The number of aliphatic carboxylic acids is 1. The van der Waals surface area contributed by atoms with Crippen LogP contribution in [-0.4, -0.2) is 56.9 Å². The maximum atomic E-state index is 12.7. The number of carbonyl (C=O) groups is 3. The molecule has 2 atom stereocenters. The van der Waals surface area contributed by atoms with E-state index < -0.39 is 35.3 Å². The largest absolute Gasteiger partial charge is 0.504 e. The van der Waals surface area contributed by atoms with E-state index in [1.54, 1.807) is 20.8 Å². The fourth-order valence-corrected chi connectivity index (χ4v) is 3.24. The predicted octanol–water partition coefficient (Wildman–Crippen LogP) is 2.87. The second-order valence-electron chi connectivity index (χ2n) is 8.65. The van der Waals surface area contributed by atoms with Gasteiger partial charge >= 0.3 is 12.1 Å². The predicted molar refractivity (Wildman–Crippen MR) is 115 cm³/mol. The van der Waals surface area contributed by atoms with E-state index in [2.05, 4.69) is 0 Å². The van der Waals surface area contributed by atoms with Crippen LogP contribution in [0.15, 0.2) is 18.2 Å². The normalized spacial score (nSPS) is 13.3. The Morgan fingerprint density at radius 1 is 1.16 bits per heavy atom. The van der Waals surface area contributed by atoms with Crippen LogP contribution in [0.3, 0.4) is 0 Å². The van der Waals surface area contributed by atoms with Gasteiger partial charge in [0.1, 0.15) is 0 Å². The summed E-state index contributed by atoms with van der Waals surface area (Å²) in [4.78, 5) is 37.9. The number of phenols is 2. The molecule has 0 aliphatic heterocycles. The number of nitrogens with two attached hydrogens (primary N) is 1. The van der Waals surface area contributed by atoms with E-state index >= 15 is 0 Å². The number of phenolic OH excluding ortho intramolecular Hbond substituents is 2. The summed E-state index contributed by atoms with van der Waals surface area (Å²) in [6.45, 7) is 7.56. The van der Waals surface area contributed by atoms with E-state index in [4.69, 9.17) is 10.5 Å². The molecule has 1 aromatic rings. The van der Waals surface area contributed by atoms with Gasteiger partial charge in [0.15, 0.2) is 11.5 Å². The van der Waals surface area contributed by atoms with Gasteiger partial charge in [-0.05, 0) is 57.2 Å². The molecular formula is C22H34N2O7. The Morgan fingerprint density at radius 3 is 2.29 bits per heavy atom. The zero-order chi connectivity index (χ0) is 23.8. The molecule has 2 unspecified atom stereocenters. The zero-order valence-corrected chi connectivity index (χ0v) is 18.6. The summed E-state index contributed by atoms with van der Waals surface area (Å²) < 4.78 is 5.33. The van der Waals surface area contributed by atoms with Gasteiger partial charge in [-0.25, -0.2) is 4.79 Å². The van der Waals surface area contributed by atoms with Gasteiger partial charge < -0.3 is 30.7 Å². The van der Waals surface area contributed by atoms with Crippen LogP contribution in [0.5, 0.6) is 11.5 Å². The van der Waals surface area contributed by atoms with E-state index in [0.717, 1.165) is 6.42 Å². The number of primary amides is 1. The Hall–Kier alpha value is -2.97. The first-order valence-electron chi connectivity index (χ1n) is 10.3. The summed E-state index contributed by atoms with van der Waals surface area (Å²) in [5, 5.41) is 29.1. The lowest BCUT2D eigenvalue weighted by Gasteiger charge is -2.38. The lowest BCUT2D eigenvalue weighted by molar-refractivity contribution is -0.144. The van der Waals surface area contributed by atoms with Crippen LogP contribution in [0.25, 0.3) is 0 Å². The molecule has 0 saturated heterocycles. The molecule has 174 valence electrons. The third kappa shape index (κ3) is 8.35. The molecule has 1 aromatic carbocycles. The van der Waals surface area contributed by atoms with Gasteiger partial charge in [-0.15, -0.1) is 0 Å². The number of carboxylic acids is 1. The van der Waals surface area contributed by atoms with Crippen molar-refractivity contribution in [2.24, 2.45) is 17.6 Å².